The molecule has 0 fully saturated rings. The zero-order valence-electron chi connectivity index (χ0n) is 17.4. The fourth-order valence-electron chi connectivity index (χ4n) is 2.24. The quantitative estimate of drug-likeness (QED) is 0.185. The van der Waals surface area contributed by atoms with Gasteiger partial charge in [-0.1, -0.05) is 6.92 Å². The highest BCUT2D eigenvalue weighted by molar-refractivity contribution is 5.77. The predicted molar refractivity (Wildman–Crippen MR) is 80.4 cm³/mol. The molecule has 0 aliphatic rings. The molecule has 0 aliphatic heterocycles. The summed E-state index contributed by atoms with van der Waals surface area (Å²) in [6.07, 6.45) is -20.4. The van der Waals surface area contributed by atoms with Crippen molar-refractivity contribution in [1.82, 2.24) is 0 Å². The van der Waals surface area contributed by atoms with Crippen LogP contribution in [0.5, 0.6) is 0 Å². The van der Waals surface area contributed by atoms with Crippen molar-refractivity contribution in [3.05, 3.63) is 0 Å². The molecule has 0 heterocycles. The number of hydrogen-bond acceptors (Lipinski definition) is 2. The highest BCUT2D eigenvalue weighted by atomic mass is 19.4. The Hall–Kier alpha value is -1.79. The van der Waals surface area contributed by atoms with E-state index >= 15 is 0 Å². The topological polar surface area (TPSA) is 26.3 Å². The number of carbonyl (C=O) groups is 1. The number of hydrogen-bond donors (Lipinski definition) is 0. The van der Waals surface area contributed by atoms with Gasteiger partial charge < -0.3 is 4.74 Å². The van der Waals surface area contributed by atoms with Gasteiger partial charge in [-0.2, -0.15) is 70.2 Å². The number of halogens is 18. The fourth-order valence-corrected chi connectivity index (χ4v) is 2.24. The SMILES string of the molecule is CCC(C)(C(=O)OCCC(F)(F)CC(F)(F)C(F)(F)C(F)(F)C(F)(F)C(F)(F)C(F)(F)F)C(F)(F)F. The fraction of sp³-hybridized carbons (Fsp3) is 0.938. The van der Waals surface area contributed by atoms with Crippen LogP contribution in [0.3, 0.4) is 0 Å². The van der Waals surface area contributed by atoms with Crippen molar-refractivity contribution in [2.45, 2.75) is 81.0 Å². The molecular weight excluding hydrogens is 566 g/mol. The first kappa shape index (κ1) is 34.2. The Morgan fingerprint density at radius 1 is 0.611 bits per heavy atom. The van der Waals surface area contributed by atoms with Crippen molar-refractivity contribution in [1.29, 1.82) is 0 Å². The Bertz CT molecular complexity index is 781. The maximum atomic E-state index is 13.6. The molecule has 1 atom stereocenters. The van der Waals surface area contributed by atoms with Crippen LogP contribution in [0.2, 0.25) is 0 Å². The summed E-state index contributed by atoms with van der Waals surface area (Å²) in [6, 6.07) is 0. The van der Waals surface area contributed by atoms with Gasteiger partial charge in [-0.15, -0.1) is 0 Å². The van der Waals surface area contributed by atoms with Crippen molar-refractivity contribution in [2.75, 3.05) is 6.61 Å². The van der Waals surface area contributed by atoms with E-state index in [1.54, 1.807) is 0 Å². The van der Waals surface area contributed by atoms with Crippen LogP contribution in [-0.4, -0.2) is 60.5 Å². The minimum Gasteiger partial charge on any atom is -0.465 e. The lowest BCUT2D eigenvalue weighted by atomic mass is 9.87. The zero-order valence-corrected chi connectivity index (χ0v) is 17.4. The Morgan fingerprint density at radius 2 is 1.00 bits per heavy atom. The molecule has 0 aromatic carbocycles. The van der Waals surface area contributed by atoms with Gasteiger partial charge in [0.1, 0.15) is 0 Å². The second kappa shape index (κ2) is 9.50. The molecule has 20 heteroatoms. The summed E-state index contributed by atoms with van der Waals surface area (Å²) < 4.78 is 238. The number of esters is 1. The van der Waals surface area contributed by atoms with E-state index in [9.17, 15) is 83.8 Å². The lowest BCUT2D eigenvalue weighted by Gasteiger charge is -2.40. The summed E-state index contributed by atoms with van der Waals surface area (Å²) >= 11 is 0. The summed E-state index contributed by atoms with van der Waals surface area (Å²) in [5.41, 5.74) is -3.32. The highest BCUT2D eigenvalue weighted by Crippen LogP contribution is 2.61. The molecule has 216 valence electrons. The van der Waals surface area contributed by atoms with Crippen LogP contribution in [0.4, 0.5) is 79.0 Å². The van der Waals surface area contributed by atoms with Gasteiger partial charge in [0.15, 0.2) is 5.41 Å². The summed E-state index contributed by atoms with van der Waals surface area (Å²) in [6.45, 7) is -0.941. The molecule has 0 aliphatic carbocycles. The van der Waals surface area contributed by atoms with Crippen LogP contribution in [0, 0.1) is 5.41 Å². The molecule has 0 aromatic rings. The standard InChI is InChI=1S/C16H14F18O2/c1-3-8(2,15(29,30)31)7(35)36-5-4-9(17,18)6-10(19,20)11(21,22)12(23,24)13(25,26)14(27,28)16(32,33)34/h3-6H2,1-2H3. The van der Waals surface area contributed by atoms with Crippen LogP contribution in [0.1, 0.15) is 33.1 Å². The van der Waals surface area contributed by atoms with Gasteiger partial charge in [0, 0.05) is 6.42 Å². The van der Waals surface area contributed by atoms with E-state index in [0.29, 0.717) is 0 Å². The zero-order chi connectivity index (χ0) is 29.6. The van der Waals surface area contributed by atoms with E-state index in [-0.39, 0.29) is 6.92 Å². The van der Waals surface area contributed by atoms with Gasteiger partial charge in [-0.05, 0) is 13.3 Å². The number of rotatable bonds is 11. The molecule has 0 radical (unpaired) electrons. The third-order valence-electron chi connectivity index (χ3n) is 4.96. The molecular formula is C16H14F18O2. The van der Waals surface area contributed by atoms with Gasteiger partial charge in [-0.25, -0.2) is 8.78 Å². The average molecular weight is 580 g/mol. The van der Waals surface area contributed by atoms with Crippen molar-refractivity contribution in [3.63, 3.8) is 0 Å². The first-order valence-corrected chi connectivity index (χ1v) is 8.97. The summed E-state index contributed by atoms with van der Waals surface area (Å²) in [5, 5.41) is 0. The highest BCUT2D eigenvalue weighted by Gasteiger charge is 2.91. The second-order valence-electron chi connectivity index (χ2n) is 7.60. The monoisotopic (exact) mass is 580 g/mol. The second-order valence-corrected chi connectivity index (χ2v) is 7.60. The molecule has 2 nitrogen and oxygen atoms in total. The van der Waals surface area contributed by atoms with Gasteiger partial charge in [0.25, 0.3) is 5.92 Å². The number of alkyl halides is 18. The summed E-state index contributed by atoms with van der Waals surface area (Å²) in [5.74, 6) is -47.4. The minimum atomic E-state index is -8.28. The largest absolute Gasteiger partial charge is 0.465 e. The molecule has 0 saturated heterocycles. The smallest absolute Gasteiger partial charge is 0.460 e. The Balaban J connectivity index is 5.83. The Kier molecular flexibility index (Phi) is 9.03. The lowest BCUT2D eigenvalue weighted by molar-refractivity contribution is -0.442. The molecule has 0 N–H and O–H groups in total. The molecule has 0 saturated carbocycles. The van der Waals surface area contributed by atoms with Crippen molar-refractivity contribution in [2.24, 2.45) is 5.41 Å². The van der Waals surface area contributed by atoms with Crippen LogP contribution >= 0.6 is 0 Å². The van der Waals surface area contributed by atoms with E-state index in [2.05, 4.69) is 4.74 Å². The van der Waals surface area contributed by atoms with Crippen LogP contribution in [-0.2, 0) is 9.53 Å². The van der Waals surface area contributed by atoms with E-state index in [0.717, 1.165) is 6.92 Å². The molecule has 36 heavy (non-hydrogen) atoms. The summed E-state index contributed by atoms with van der Waals surface area (Å²) in [4.78, 5) is 11.5. The molecule has 0 aromatic heterocycles. The molecule has 0 rings (SSSR count). The molecule has 1 unspecified atom stereocenters. The third-order valence-corrected chi connectivity index (χ3v) is 4.96. The normalized spacial score (nSPS) is 17.1. The maximum Gasteiger partial charge on any atom is 0.460 e. The minimum absolute atomic E-state index is 0.223. The third kappa shape index (κ3) is 5.70. The number of carbonyl (C=O) groups excluding carboxylic acids is 1. The maximum absolute atomic E-state index is 13.6. The van der Waals surface area contributed by atoms with Gasteiger partial charge in [-0.3, -0.25) is 4.79 Å². The van der Waals surface area contributed by atoms with Crippen molar-refractivity contribution in [3.8, 4) is 0 Å². The van der Waals surface area contributed by atoms with E-state index < -0.39 is 85.1 Å². The van der Waals surface area contributed by atoms with Gasteiger partial charge >= 0.3 is 47.9 Å². The van der Waals surface area contributed by atoms with Crippen LogP contribution in [0.25, 0.3) is 0 Å². The summed E-state index contributed by atoms with van der Waals surface area (Å²) in [7, 11) is 0. The molecule has 0 amide bonds. The first-order valence-electron chi connectivity index (χ1n) is 8.97. The molecule has 0 spiro atoms. The van der Waals surface area contributed by atoms with E-state index in [1.165, 1.54) is 0 Å². The number of ether oxygens (including phenoxy) is 1. The van der Waals surface area contributed by atoms with Gasteiger partial charge in [0.2, 0.25) is 0 Å². The predicted octanol–water partition coefficient (Wildman–Crippen LogP) is 7.66. The van der Waals surface area contributed by atoms with Gasteiger partial charge in [0.05, 0.1) is 13.0 Å². The Morgan fingerprint density at radius 3 is 1.33 bits per heavy atom. The van der Waals surface area contributed by atoms with Crippen molar-refractivity contribution < 1.29 is 88.6 Å². The van der Waals surface area contributed by atoms with Crippen molar-refractivity contribution >= 4 is 5.97 Å². The van der Waals surface area contributed by atoms with E-state index in [1.807, 2.05) is 0 Å². The van der Waals surface area contributed by atoms with Crippen LogP contribution in [0.15, 0.2) is 0 Å². The average Bonchev–Trinajstić information content (AvgIpc) is 2.63. The van der Waals surface area contributed by atoms with Crippen LogP contribution < -0.4 is 0 Å². The lowest BCUT2D eigenvalue weighted by Crippen LogP contribution is -2.70. The Labute approximate surface area is 188 Å². The first-order chi connectivity index (χ1) is 15.4. The molecule has 0 bridgehead atoms. The van der Waals surface area contributed by atoms with E-state index in [4.69, 9.17) is 0 Å².